The molecule has 7 heteroatoms. The van der Waals surface area contributed by atoms with Crippen LogP contribution in [0.3, 0.4) is 0 Å². The molecule has 0 bridgehead atoms. The molecule has 2 rings (SSSR count). The SMILES string of the molecule is COc1c(NC(=O)Nc2cccc(C)c2Cl)c(C)nn1C. The topological polar surface area (TPSA) is 68.2 Å². The highest BCUT2D eigenvalue weighted by Crippen LogP contribution is 2.28. The normalized spacial score (nSPS) is 10.3. The van der Waals surface area contributed by atoms with E-state index in [1.807, 2.05) is 19.1 Å². The molecule has 1 aromatic carbocycles. The summed E-state index contributed by atoms with van der Waals surface area (Å²) in [5, 5.41) is 10.2. The van der Waals surface area contributed by atoms with Crippen molar-refractivity contribution < 1.29 is 9.53 Å². The summed E-state index contributed by atoms with van der Waals surface area (Å²) >= 11 is 6.15. The summed E-state index contributed by atoms with van der Waals surface area (Å²) in [6.07, 6.45) is 0. The molecular formula is C14H17ClN4O2. The zero-order valence-corrected chi connectivity index (χ0v) is 13.1. The molecule has 6 nitrogen and oxygen atoms in total. The second-order valence-corrected chi connectivity index (χ2v) is 4.99. The number of aromatic nitrogens is 2. The lowest BCUT2D eigenvalue weighted by Crippen LogP contribution is -2.20. The Morgan fingerprint density at radius 1 is 1.33 bits per heavy atom. The number of methoxy groups -OCH3 is 1. The fourth-order valence-corrected chi connectivity index (χ4v) is 2.20. The molecule has 1 aromatic heterocycles. The molecule has 2 aromatic rings. The number of nitrogens with zero attached hydrogens (tertiary/aromatic N) is 2. The number of halogens is 1. The zero-order chi connectivity index (χ0) is 15.6. The lowest BCUT2D eigenvalue weighted by molar-refractivity contribution is 0.262. The van der Waals surface area contributed by atoms with Crippen LogP contribution in [0.25, 0.3) is 0 Å². The summed E-state index contributed by atoms with van der Waals surface area (Å²) in [5.41, 5.74) is 2.64. The maximum atomic E-state index is 12.1. The van der Waals surface area contributed by atoms with Gasteiger partial charge < -0.3 is 15.4 Å². The molecule has 0 unspecified atom stereocenters. The summed E-state index contributed by atoms with van der Waals surface area (Å²) in [6.45, 7) is 3.66. The third kappa shape index (κ3) is 3.11. The molecule has 0 spiro atoms. The van der Waals surface area contributed by atoms with Crippen molar-refractivity contribution in [3.63, 3.8) is 0 Å². The highest BCUT2D eigenvalue weighted by molar-refractivity contribution is 6.34. The quantitative estimate of drug-likeness (QED) is 0.913. The summed E-state index contributed by atoms with van der Waals surface area (Å²) < 4.78 is 6.78. The van der Waals surface area contributed by atoms with Gasteiger partial charge in [-0.05, 0) is 25.5 Å². The highest BCUT2D eigenvalue weighted by atomic mass is 35.5. The number of carbonyl (C=O) groups excluding carboxylic acids is 1. The van der Waals surface area contributed by atoms with Gasteiger partial charge in [0.2, 0.25) is 5.88 Å². The van der Waals surface area contributed by atoms with Gasteiger partial charge in [-0.2, -0.15) is 5.10 Å². The second kappa shape index (κ2) is 6.05. The second-order valence-electron chi connectivity index (χ2n) is 4.61. The van der Waals surface area contributed by atoms with Crippen LogP contribution in [0, 0.1) is 13.8 Å². The Bertz CT molecular complexity index is 682. The summed E-state index contributed by atoms with van der Waals surface area (Å²) in [6, 6.07) is 5.03. The van der Waals surface area contributed by atoms with Crippen LogP contribution in [-0.4, -0.2) is 22.9 Å². The lowest BCUT2D eigenvalue weighted by Gasteiger charge is -2.11. The zero-order valence-electron chi connectivity index (χ0n) is 12.3. The van der Waals surface area contributed by atoms with Crippen LogP contribution in [0.1, 0.15) is 11.3 Å². The summed E-state index contributed by atoms with van der Waals surface area (Å²) in [4.78, 5) is 12.1. The predicted octanol–water partition coefficient (Wildman–Crippen LogP) is 3.34. The Kier molecular flexibility index (Phi) is 4.37. The van der Waals surface area contributed by atoms with Gasteiger partial charge in [0.25, 0.3) is 0 Å². The number of benzene rings is 1. The molecule has 1 heterocycles. The van der Waals surface area contributed by atoms with Crippen molar-refractivity contribution in [1.82, 2.24) is 9.78 Å². The largest absolute Gasteiger partial charge is 0.480 e. The fourth-order valence-electron chi connectivity index (χ4n) is 2.03. The third-order valence-electron chi connectivity index (χ3n) is 3.04. The Balaban J connectivity index is 2.18. The van der Waals surface area contributed by atoms with E-state index < -0.39 is 6.03 Å². The number of ether oxygens (including phenoxy) is 1. The molecule has 21 heavy (non-hydrogen) atoms. The lowest BCUT2D eigenvalue weighted by atomic mass is 10.2. The van der Waals surface area contributed by atoms with Crippen molar-refractivity contribution in [2.45, 2.75) is 13.8 Å². The van der Waals surface area contributed by atoms with E-state index in [-0.39, 0.29) is 0 Å². The number of hydrogen-bond acceptors (Lipinski definition) is 3. The van der Waals surface area contributed by atoms with Gasteiger partial charge >= 0.3 is 6.03 Å². The van der Waals surface area contributed by atoms with Gasteiger partial charge in [-0.15, -0.1) is 0 Å². The number of urea groups is 1. The van der Waals surface area contributed by atoms with Gasteiger partial charge in [0.1, 0.15) is 5.69 Å². The first-order valence-corrected chi connectivity index (χ1v) is 6.72. The number of anilines is 2. The minimum Gasteiger partial charge on any atom is -0.480 e. The van der Waals surface area contributed by atoms with Gasteiger partial charge in [-0.25, -0.2) is 9.48 Å². The summed E-state index contributed by atoms with van der Waals surface area (Å²) in [5.74, 6) is 0.484. The third-order valence-corrected chi connectivity index (χ3v) is 3.54. The number of rotatable bonds is 3. The molecule has 2 N–H and O–H groups in total. The molecule has 0 fully saturated rings. The van der Waals surface area contributed by atoms with Crippen molar-refractivity contribution in [2.24, 2.45) is 7.05 Å². The average Bonchev–Trinajstić information content (AvgIpc) is 2.69. The van der Waals surface area contributed by atoms with E-state index in [0.29, 0.717) is 28.0 Å². The van der Waals surface area contributed by atoms with E-state index in [1.54, 1.807) is 24.7 Å². The van der Waals surface area contributed by atoms with E-state index in [9.17, 15) is 4.79 Å². The van der Waals surface area contributed by atoms with Gasteiger partial charge in [-0.3, -0.25) is 0 Å². The Labute approximate surface area is 128 Å². The van der Waals surface area contributed by atoms with Crippen LogP contribution >= 0.6 is 11.6 Å². The Morgan fingerprint density at radius 2 is 2.05 bits per heavy atom. The smallest absolute Gasteiger partial charge is 0.323 e. The molecular weight excluding hydrogens is 292 g/mol. The van der Waals surface area contributed by atoms with Crippen LogP contribution in [0.15, 0.2) is 18.2 Å². The maximum Gasteiger partial charge on any atom is 0.323 e. The highest BCUT2D eigenvalue weighted by Gasteiger charge is 2.17. The van der Waals surface area contributed by atoms with Gasteiger partial charge in [0.05, 0.1) is 23.5 Å². The van der Waals surface area contributed by atoms with E-state index in [2.05, 4.69) is 15.7 Å². The van der Waals surface area contributed by atoms with E-state index in [1.165, 1.54) is 7.11 Å². The van der Waals surface area contributed by atoms with Gasteiger partial charge in [0, 0.05) is 7.05 Å². The van der Waals surface area contributed by atoms with Crippen molar-refractivity contribution in [3.05, 3.63) is 34.5 Å². The van der Waals surface area contributed by atoms with Gasteiger partial charge in [0.15, 0.2) is 0 Å². The Hall–Kier alpha value is -2.21. The molecule has 0 atom stereocenters. The van der Waals surface area contributed by atoms with Crippen LogP contribution < -0.4 is 15.4 Å². The number of nitrogens with one attached hydrogen (secondary N) is 2. The molecule has 112 valence electrons. The molecule has 0 aliphatic heterocycles. The standard InChI is InChI=1S/C14H17ClN4O2/c1-8-6-5-7-10(11(8)15)16-14(20)17-12-9(2)18-19(3)13(12)21-4/h5-7H,1-4H3,(H2,16,17,20). The van der Waals surface area contributed by atoms with Crippen LogP contribution in [0.5, 0.6) is 5.88 Å². The first-order valence-electron chi connectivity index (χ1n) is 6.34. The van der Waals surface area contributed by atoms with Crippen LogP contribution in [0.4, 0.5) is 16.2 Å². The first-order chi connectivity index (χ1) is 9.93. The van der Waals surface area contributed by atoms with Crippen molar-refractivity contribution in [3.8, 4) is 5.88 Å². The maximum absolute atomic E-state index is 12.1. The minimum absolute atomic E-state index is 0.406. The number of amides is 2. The Morgan fingerprint density at radius 3 is 2.71 bits per heavy atom. The number of aryl methyl sites for hydroxylation is 3. The fraction of sp³-hybridized carbons (Fsp3) is 0.286. The molecule has 2 amide bonds. The van der Waals surface area contributed by atoms with Crippen molar-refractivity contribution in [1.29, 1.82) is 0 Å². The van der Waals surface area contributed by atoms with Crippen molar-refractivity contribution in [2.75, 3.05) is 17.7 Å². The van der Waals surface area contributed by atoms with E-state index in [4.69, 9.17) is 16.3 Å². The minimum atomic E-state index is -0.406. The predicted molar refractivity (Wildman–Crippen MR) is 83.3 cm³/mol. The van der Waals surface area contributed by atoms with Crippen LogP contribution in [0.2, 0.25) is 5.02 Å². The van der Waals surface area contributed by atoms with E-state index in [0.717, 1.165) is 5.56 Å². The molecule has 0 saturated carbocycles. The summed E-state index contributed by atoms with van der Waals surface area (Å²) in [7, 11) is 3.27. The van der Waals surface area contributed by atoms with Gasteiger partial charge in [-0.1, -0.05) is 23.7 Å². The molecule has 0 aliphatic carbocycles. The molecule has 0 saturated heterocycles. The average molecular weight is 309 g/mol. The first kappa shape index (κ1) is 15.2. The monoisotopic (exact) mass is 308 g/mol. The molecule has 0 aliphatic rings. The van der Waals surface area contributed by atoms with Crippen molar-refractivity contribution >= 4 is 29.0 Å². The number of hydrogen-bond donors (Lipinski definition) is 2. The van der Waals surface area contributed by atoms with E-state index >= 15 is 0 Å². The molecule has 0 radical (unpaired) electrons. The van der Waals surface area contributed by atoms with Crippen LogP contribution in [-0.2, 0) is 7.05 Å². The number of carbonyl (C=O) groups is 1.